The SMILES string of the molecule is CC=C(C)C1N=C(C(C)(C)C)N[N+]1(C)C. The molecule has 0 aromatic rings. The van der Waals surface area contributed by atoms with E-state index in [0.717, 1.165) is 5.84 Å². The van der Waals surface area contributed by atoms with Crippen molar-refractivity contribution >= 4 is 5.84 Å². The summed E-state index contributed by atoms with van der Waals surface area (Å²) >= 11 is 0. The van der Waals surface area contributed by atoms with Gasteiger partial charge in [0.05, 0.1) is 14.1 Å². The summed E-state index contributed by atoms with van der Waals surface area (Å²) in [5.74, 6) is 1.10. The van der Waals surface area contributed by atoms with Gasteiger partial charge < -0.3 is 0 Å². The average Bonchev–Trinajstić information content (AvgIpc) is 2.39. The lowest BCUT2D eigenvalue weighted by atomic mass is 9.95. The Morgan fingerprint density at radius 3 is 2.27 bits per heavy atom. The third kappa shape index (κ3) is 2.40. The van der Waals surface area contributed by atoms with Gasteiger partial charge in [-0.1, -0.05) is 26.8 Å². The number of aliphatic imine (C=N–C) groups is 1. The molecule has 1 unspecified atom stereocenters. The predicted molar refractivity (Wildman–Crippen MR) is 65.4 cm³/mol. The standard InChI is InChI=1S/C12H24N3/c1-8-9(2)10-13-11(12(3,4)5)14-15(10,6)7/h8,10H,1-7H3,(H,13,14)/q+1. The Morgan fingerprint density at radius 1 is 1.40 bits per heavy atom. The molecule has 1 rings (SSSR count). The van der Waals surface area contributed by atoms with Crippen LogP contribution in [0.25, 0.3) is 0 Å². The molecule has 1 N–H and O–H groups in total. The molecule has 3 nitrogen and oxygen atoms in total. The second kappa shape index (κ2) is 3.63. The van der Waals surface area contributed by atoms with E-state index in [9.17, 15) is 0 Å². The lowest BCUT2D eigenvalue weighted by Crippen LogP contribution is -2.56. The third-order valence-electron chi connectivity index (χ3n) is 2.83. The van der Waals surface area contributed by atoms with Crippen molar-refractivity contribution in [2.75, 3.05) is 14.1 Å². The minimum Gasteiger partial charge on any atom is -0.220 e. The Hall–Kier alpha value is -0.830. The van der Waals surface area contributed by atoms with E-state index >= 15 is 0 Å². The minimum atomic E-state index is 0.0955. The summed E-state index contributed by atoms with van der Waals surface area (Å²) in [6.07, 6.45) is 2.35. The number of hydrogen-bond donors (Lipinski definition) is 1. The molecule has 0 saturated carbocycles. The van der Waals surface area contributed by atoms with Gasteiger partial charge in [0.15, 0.2) is 5.84 Å². The van der Waals surface area contributed by atoms with Gasteiger partial charge in [-0.3, -0.25) is 0 Å². The van der Waals surface area contributed by atoms with E-state index in [1.54, 1.807) is 0 Å². The quantitative estimate of drug-likeness (QED) is 0.521. The summed E-state index contributed by atoms with van der Waals surface area (Å²) in [5, 5.41) is 0. The molecule has 0 saturated heterocycles. The smallest absolute Gasteiger partial charge is 0.220 e. The number of amidine groups is 1. The number of nitrogens with zero attached hydrogens (tertiary/aromatic N) is 2. The first kappa shape index (κ1) is 12.2. The molecule has 0 radical (unpaired) electrons. The van der Waals surface area contributed by atoms with Crippen LogP contribution in [0.3, 0.4) is 0 Å². The molecular formula is C12H24N3+. The van der Waals surface area contributed by atoms with Crippen LogP contribution >= 0.6 is 0 Å². The first-order valence-corrected chi connectivity index (χ1v) is 5.51. The van der Waals surface area contributed by atoms with Crippen LogP contribution in [-0.2, 0) is 0 Å². The Labute approximate surface area is 93.4 Å². The maximum atomic E-state index is 4.79. The number of rotatable bonds is 1. The van der Waals surface area contributed by atoms with Gasteiger partial charge in [-0.15, -0.1) is 0 Å². The van der Waals surface area contributed by atoms with Gasteiger partial charge in [-0.2, -0.15) is 0 Å². The average molecular weight is 210 g/mol. The second-order valence-corrected chi connectivity index (χ2v) is 5.79. The van der Waals surface area contributed by atoms with Gasteiger partial charge in [0.2, 0.25) is 6.17 Å². The lowest BCUT2D eigenvalue weighted by Gasteiger charge is -2.30. The summed E-state index contributed by atoms with van der Waals surface area (Å²) in [6.45, 7) is 10.8. The van der Waals surface area contributed by atoms with Crippen LogP contribution in [0, 0.1) is 5.41 Å². The van der Waals surface area contributed by atoms with Crippen molar-refractivity contribution in [3.8, 4) is 0 Å². The molecular weight excluding hydrogens is 186 g/mol. The molecule has 1 aliphatic rings. The summed E-state index contributed by atoms with van der Waals surface area (Å²) in [7, 11) is 4.31. The zero-order valence-corrected chi connectivity index (χ0v) is 11.0. The zero-order chi connectivity index (χ0) is 11.9. The van der Waals surface area contributed by atoms with Crippen molar-refractivity contribution in [2.45, 2.75) is 40.8 Å². The van der Waals surface area contributed by atoms with Crippen LogP contribution in [0.1, 0.15) is 34.6 Å². The van der Waals surface area contributed by atoms with Crippen LogP contribution in [-0.4, -0.2) is 30.7 Å². The van der Waals surface area contributed by atoms with Crippen LogP contribution in [0.15, 0.2) is 16.6 Å². The van der Waals surface area contributed by atoms with Gasteiger partial charge in [-0.05, 0) is 13.8 Å². The molecule has 86 valence electrons. The summed E-state index contributed by atoms with van der Waals surface area (Å²) in [5.41, 5.74) is 4.89. The molecule has 0 aromatic heterocycles. The first-order chi connectivity index (χ1) is 6.68. The molecule has 0 amide bonds. The molecule has 1 atom stereocenters. The van der Waals surface area contributed by atoms with Crippen molar-refractivity contribution in [3.05, 3.63) is 11.6 Å². The Balaban J connectivity index is 3.03. The monoisotopic (exact) mass is 210 g/mol. The molecule has 1 aliphatic heterocycles. The number of likely N-dealkylation sites (N-methyl/N-ethyl adjacent to an activating group) is 1. The molecule has 1 heterocycles. The second-order valence-electron chi connectivity index (χ2n) is 5.79. The van der Waals surface area contributed by atoms with Crippen molar-refractivity contribution in [1.82, 2.24) is 5.43 Å². The van der Waals surface area contributed by atoms with Gasteiger partial charge in [0.1, 0.15) is 0 Å². The van der Waals surface area contributed by atoms with Crippen molar-refractivity contribution < 1.29 is 4.59 Å². The van der Waals surface area contributed by atoms with Crippen LogP contribution in [0.2, 0.25) is 0 Å². The molecule has 0 fully saturated rings. The topological polar surface area (TPSA) is 24.4 Å². The molecule has 15 heavy (non-hydrogen) atoms. The fourth-order valence-electron chi connectivity index (χ4n) is 1.75. The maximum absolute atomic E-state index is 4.79. The number of allylic oxidation sites excluding steroid dienone is 1. The van der Waals surface area contributed by atoms with Crippen LogP contribution in [0.4, 0.5) is 0 Å². The fraction of sp³-hybridized carbons (Fsp3) is 0.750. The summed E-state index contributed by atoms with van der Waals surface area (Å²) in [6, 6.07) is 0. The van der Waals surface area contributed by atoms with E-state index < -0.39 is 0 Å². The highest BCUT2D eigenvalue weighted by molar-refractivity contribution is 5.87. The normalized spacial score (nSPS) is 26.2. The zero-order valence-electron chi connectivity index (χ0n) is 11.0. The third-order valence-corrected chi connectivity index (χ3v) is 2.83. The van der Waals surface area contributed by atoms with E-state index in [1.807, 2.05) is 0 Å². The first-order valence-electron chi connectivity index (χ1n) is 5.51. The van der Waals surface area contributed by atoms with Crippen molar-refractivity contribution in [1.29, 1.82) is 0 Å². The molecule has 0 bridgehead atoms. The van der Waals surface area contributed by atoms with Gasteiger partial charge >= 0.3 is 0 Å². The minimum absolute atomic E-state index is 0.0955. The van der Waals surface area contributed by atoms with E-state index in [-0.39, 0.29) is 11.6 Å². The Kier molecular flexibility index (Phi) is 2.97. The number of nitrogens with one attached hydrogen (secondary N) is 1. The Morgan fingerprint density at radius 2 is 1.93 bits per heavy atom. The number of hydrogen-bond acceptors (Lipinski definition) is 2. The highest BCUT2D eigenvalue weighted by Gasteiger charge is 2.40. The van der Waals surface area contributed by atoms with E-state index in [2.05, 4.69) is 60.2 Å². The molecule has 3 heteroatoms. The van der Waals surface area contributed by atoms with E-state index in [1.165, 1.54) is 5.57 Å². The summed E-state index contributed by atoms with van der Waals surface area (Å²) in [4.78, 5) is 4.79. The van der Waals surface area contributed by atoms with E-state index in [0.29, 0.717) is 4.59 Å². The maximum Gasteiger partial charge on any atom is 0.228 e. The fourth-order valence-corrected chi connectivity index (χ4v) is 1.75. The largest absolute Gasteiger partial charge is 0.228 e. The molecule has 0 spiro atoms. The van der Waals surface area contributed by atoms with Gasteiger partial charge in [0.25, 0.3) is 0 Å². The molecule has 0 aliphatic carbocycles. The highest BCUT2D eigenvalue weighted by atomic mass is 15.7. The van der Waals surface area contributed by atoms with E-state index in [4.69, 9.17) is 4.99 Å². The van der Waals surface area contributed by atoms with Gasteiger partial charge in [0, 0.05) is 11.0 Å². The lowest BCUT2D eigenvalue weighted by molar-refractivity contribution is -0.936. The van der Waals surface area contributed by atoms with Gasteiger partial charge in [-0.25, -0.2) is 15.0 Å². The highest BCUT2D eigenvalue weighted by Crippen LogP contribution is 2.26. The van der Waals surface area contributed by atoms with Crippen LogP contribution in [0.5, 0.6) is 0 Å². The predicted octanol–water partition coefficient (Wildman–Crippen LogP) is 2.32. The van der Waals surface area contributed by atoms with Crippen LogP contribution < -0.4 is 5.43 Å². The van der Waals surface area contributed by atoms with Crippen molar-refractivity contribution in [2.24, 2.45) is 10.4 Å². The van der Waals surface area contributed by atoms with Crippen molar-refractivity contribution in [3.63, 3.8) is 0 Å². The molecule has 0 aromatic carbocycles. The Bertz CT molecular complexity index is 305. The summed E-state index contributed by atoms with van der Waals surface area (Å²) < 4.78 is 0.711. The number of quaternary nitrogens is 1.